The number of amides is 2. The van der Waals surface area contributed by atoms with Gasteiger partial charge in [-0.15, -0.1) is 0 Å². The Balaban J connectivity index is 2.60. The van der Waals surface area contributed by atoms with E-state index in [-0.39, 0.29) is 6.03 Å². The van der Waals surface area contributed by atoms with Gasteiger partial charge in [0, 0.05) is 24.4 Å². The third-order valence-corrected chi connectivity index (χ3v) is 3.17. The van der Waals surface area contributed by atoms with E-state index < -0.39 is 0 Å². The number of anilines is 1. The number of urea groups is 1. The summed E-state index contributed by atoms with van der Waals surface area (Å²) in [5, 5.41) is 0. The lowest BCUT2D eigenvalue weighted by molar-refractivity contribution is 0.225. The lowest BCUT2D eigenvalue weighted by atomic mass is 10.0. The second-order valence-electron chi connectivity index (χ2n) is 4.24. The summed E-state index contributed by atoms with van der Waals surface area (Å²) in [5.74, 6) is 0. The summed E-state index contributed by atoms with van der Waals surface area (Å²) < 4.78 is 0. The van der Waals surface area contributed by atoms with Crippen molar-refractivity contribution in [2.75, 3.05) is 18.0 Å². The molecular weight excluding hydrogens is 212 g/mol. The van der Waals surface area contributed by atoms with Gasteiger partial charge in [-0.1, -0.05) is 18.2 Å². The monoisotopic (exact) mass is 230 g/mol. The number of rotatable bonds is 2. The number of carbonyl (C=O) groups is 1. The van der Waals surface area contributed by atoms with Crippen molar-refractivity contribution in [2.24, 2.45) is 0 Å². The van der Waals surface area contributed by atoms with Crippen molar-refractivity contribution in [3.63, 3.8) is 0 Å². The van der Waals surface area contributed by atoms with Crippen LogP contribution in [0.2, 0.25) is 0 Å². The summed E-state index contributed by atoms with van der Waals surface area (Å²) in [6.45, 7) is 11.4. The van der Waals surface area contributed by atoms with Crippen molar-refractivity contribution in [3.8, 4) is 0 Å². The van der Waals surface area contributed by atoms with E-state index in [1.165, 1.54) is 5.56 Å². The first-order chi connectivity index (χ1) is 8.10. The Bertz CT molecular complexity index is 479. The zero-order valence-corrected chi connectivity index (χ0v) is 10.7. The predicted octanol–water partition coefficient (Wildman–Crippen LogP) is 3.25. The van der Waals surface area contributed by atoms with Crippen LogP contribution in [0.25, 0.3) is 5.70 Å². The van der Waals surface area contributed by atoms with Crippen molar-refractivity contribution in [1.82, 2.24) is 4.90 Å². The van der Waals surface area contributed by atoms with E-state index in [0.29, 0.717) is 13.1 Å². The first-order valence-electron chi connectivity index (χ1n) is 5.99. The molecule has 2 rings (SSSR count). The molecule has 1 aromatic rings. The number of nitrogens with zero attached hydrogens (tertiary/aromatic N) is 2. The molecular formula is C14H18N2O. The van der Waals surface area contributed by atoms with Crippen molar-refractivity contribution in [1.29, 1.82) is 0 Å². The van der Waals surface area contributed by atoms with Crippen LogP contribution >= 0.6 is 0 Å². The molecule has 0 aliphatic carbocycles. The second-order valence-corrected chi connectivity index (χ2v) is 4.24. The van der Waals surface area contributed by atoms with Crippen molar-refractivity contribution in [3.05, 3.63) is 35.9 Å². The topological polar surface area (TPSA) is 23.6 Å². The summed E-state index contributed by atoms with van der Waals surface area (Å²) in [4.78, 5) is 15.8. The minimum atomic E-state index is 0.0244. The second kappa shape index (κ2) is 4.24. The summed E-state index contributed by atoms with van der Waals surface area (Å²) in [6, 6.07) is 6.15. The number of aryl methyl sites for hydroxylation is 1. The van der Waals surface area contributed by atoms with E-state index in [0.717, 1.165) is 16.9 Å². The number of fused-ring (bicyclic) bond motifs is 1. The van der Waals surface area contributed by atoms with Crippen LogP contribution in [-0.2, 0) is 0 Å². The van der Waals surface area contributed by atoms with Crippen LogP contribution in [0.4, 0.5) is 10.5 Å². The molecule has 0 atom stereocenters. The molecule has 3 heteroatoms. The molecule has 0 saturated carbocycles. The highest BCUT2D eigenvalue weighted by atomic mass is 16.2. The smallest absolute Gasteiger partial charge is 0.294 e. The molecule has 1 heterocycles. The first-order valence-corrected chi connectivity index (χ1v) is 5.99. The Hall–Kier alpha value is -1.77. The molecule has 0 bridgehead atoms. The lowest BCUT2D eigenvalue weighted by Gasteiger charge is -2.37. The SMILES string of the molecule is C=C1c2cc(C)ccc2N(CC)C(=O)N1CC. The molecule has 17 heavy (non-hydrogen) atoms. The average molecular weight is 230 g/mol. The molecule has 3 nitrogen and oxygen atoms in total. The third kappa shape index (κ3) is 1.71. The molecule has 0 aromatic heterocycles. The Kier molecular flexibility index (Phi) is 2.92. The van der Waals surface area contributed by atoms with Crippen molar-refractivity contribution < 1.29 is 4.79 Å². The summed E-state index contributed by atoms with van der Waals surface area (Å²) in [7, 11) is 0. The average Bonchev–Trinajstić information content (AvgIpc) is 2.31. The maximum Gasteiger partial charge on any atom is 0.328 e. The molecule has 0 fully saturated rings. The van der Waals surface area contributed by atoms with Gasteiger partial charge in [-0.3, -0.25) is 9.80 Å². The number of carbonyl (C=O) groups excluding carboxylic acids is 1. The van der Waals surface area contributed by atoms with Gasteiger partial charge in [-0.2, -0.15) is 0 Å². The molecule has 0 saturated heterocycles. The zero-order valence-electron chi connectivity index (χ0n) is 10.7. The van der Waals surface area contributed by atoms with Crippen LogP contribution in [0.5, 0.6) is 0 Å². The van der Waals surface area contributed by atoms with Gasteiger partial charge >= 0.3 is 6.03 Å². The van der Waals surface area contributed by atoms with E-state index >= 15 is 0 Å². The van der Waals surface area contributed by atoms with Crippen LogP contribution < -0.4 is 4.90 Å². The van der Waals surface area contributed by atoms with Crippen LogP contribution in [0, 0.1) is 6.92 Å². The molecule has 2 amide bonds. The highest BCUT2D eigenvalue weighted by Gasteiger charge is 2.30. The summed E-state index contributed by atoms with van der Waals surface area (Å²) >= 11 is 0. The maximum atomic E-state index is 12.2. The van der Waals surface area contributed by atoms with Crippen molar-refractivity contribution >= 4 is 17.4 Å². The van der Waals surface area contributed by atoms with Gasteiger partial charge in [0.25, 0.3) is 0 Å². The van der Waals surface area contributed by atoms with E-state index in [9.17, 15) is 4.79 Å². The quantitative estimate of drug-likeness (QED) is 0.765. The highest BCUT2D eigenvalue weighted by molar-refractivity contribution is 6.04. The Labute approximate surface area is 102 Å². The van der Waals surface area contributed by atoms with Gasteiger partial charge in [-0.25, -0.2) is 4.79 Å². The third-order valence-electron chi connectivity index (χ3n) is 3.17. The summed E-state index contributed by atoms with van der Waals surface area (Å²) in [6.07, 6.45) is 0. The van der Waals surface area contributed by atoms with Crippen molar-refractivity contribution in [2.45, 2.75) is 20.8 Å². The Morgan fingerprint density at radius 2 is 1.82 bits per heavy atom. The molecule has 1 aliphatic rings. The van der Waals surface area contributed by atoms with E-state index in [2.05, 4.69) is 19.6 Å². The fourth-order valence-corrected chi connectivity index (χ4v) is 2.26. The number of hydrogen-bond donors (Lipinski definition) is 0. The maximum absolute atomic E-state index is 12.2. The van der Waals surface area contributed by atoms with Gasteiger partial charge in [0.15, 0.2) is 0 Å². The van der Waals surface area contributed by atoms with Gasteiger partial charge in [0.05, 0.1) is 5.69 Å². The molecule has 0 N–H and O–H groups in total. The van der Waals surface area contributed by atoms with E-state index in [1.54, 1.807) is 9.80 Å². The highest BCUT2D eigenvalue weighted by Crippen LogP contribution is 2.35. The molecule has 90 valence electrons. The first kappa shape index (κ1) is 11.7. The normalized spacial score (nSPS) is 15.2. The zero-order chi connectivity index (χ0) is 12.6. The van der Waals surface area contributed by atoms with Crippen LogP contribution in [0.3, 0.4) is 0 Å². The molecule has 1 aromatic carbocycles. The van der Waals surface area contributed by atoms with E-state index in [4.69, 9.17) is 0 Å². The van der Waals surface area contributed by atoms with Gasteiger partial charge in [-0.05, 0) is 32.9 Å². The van der Waals surface area contributed by atoms with Crippen LogP contribution in [0.1, 0.15) is 25.0 Å². The van der Waals surface area contributed by atoms with Gasteiger partial charge < -0.3 is 0 Å². The van der Waals surface area contributed by atoms with Crippen LogP contribution in [0.15, 0.2) is 24.8 Å². The molecule has 0 spiro atoms. The fourth-order valence-electron chi connectivity index (χ4n) is 2.26. The summed E-state index contributed by atoms with van der Waals surface area (Å²) in [5.41, 5.74) is 4.03. The molecule has 0 radical (unpaired) electrons. The van der Waals surface area contributed by atoms with Gasteiger partial charge in [0.1, 0.15) is 0 Å². The van der Waals surface area contributed by atoms with E-state index in [1.807, 2.05) is 26.0 Å². The molecule has 1 aliphatic heterocycles. The minimum Gasteiger partial charge on any atom is -0.294 e. The van der Waals surface area contributed by atoms with Crippen LogP contribution in [-0.4, -0.2) is 24.0 Å². The Morgan fingerprint density at radius 3 is 2.41 bits per heavy atom. The number of hydrogen-bond acceptors (Lipinski definition) is 1. The Morgan fingerprint density at radius 1 is 1.18 bits per heavy atom. The van der Waals surface area contributed by atoms with Gasteiger partial charge in [0.2, 0.25) is 0 Å². The number of benzene rings is 1. The largest absolute Gasteiger partial charge is 0.328 e. The molecule has 0 unspecified atom stereocenters. The predicted molar refractivity (Wildman–Crippen MR) is 71.0 cm³/mol. The minimum absolute atomic E-state index is 0.0244. The lowest BCUT2D eigenvalue weighted by Crippen LogP contribution is -2.46. The fraction of sp³-hybridized carbons (Fsp3) is 0.357. The standard InChI is InChI=1S/C14H18N2O/c1-5-15-11(4)12-9-10(3)7-8-13(12)16(6-2)14(15)17/h7-9H,4-6H2,1-3H3.